The lowest BCUT2D eigenvalue weighted by molar-refractivity contribution is -0.0248. The SMILES string of the molecule is Clc1cc(Cl)c2c(c1)CCC1(CCC1)O2. The number of hydrogen-bond acceptors (Lipinski definition) is 1. The summed E-state index contributed by atoms with van der Waals surface area (Å²) in [7, 11) is 0. The molecule has 80 valence electrons. The molecule has 3 rings (SSSR count). The van der Waals surface area contributed by atoms with Gasteiger partial charge < -0.3 is 4.74 Å². The lowest BCUT2D eigenvalue weighted by Crippen LogP contribution is -2.45. The van der Waals surface area contributed by atoms with Gasteiger partial charge in [0.25, 0.3) is 0 Å². The molecule has 1 nitrogen and oxygen atoms in total. The van der Waals surface area contributed by atoms with E-state index in [1.54, 1.807) is 6.07 Å². The highest BCUT2D eigenvalue weighted by atomic mass is 35.5. The van der Waals surface area contributed by atoms with Gasteiger partial charge in [0.1, 0.15) is 11.4 Å². The van der Waals surface area contributed by atoms with Gasteiger partial charge in [0.2, 0.25) is 0 Å². The van der Waals surface area contributed by atoms with Crippen molar-refractivity contribution >= 4 is 23.2 Å². The maximum absolute atomic E-state index is 6.15. The molecule has 1 fully saturated rings. The Hall–Kier alpha value is -0.400. The van der Waals surface area contributed by atoms with Crippen LogP contribution >= 0.6 is 23.2 Å². The third-order valence-corrected chi connectivity index (χ3v) is 4.02. The second-order valence-corrected chi connectivity index (χ2v) is 5.36. The molecule has 1 heterocycles. The van der Waals surface area contributed by atoms with Crippen LogP contribution < -0.4 is 4.74 Å². The Morgan fingerprint density at radius 2 is 1.93 bits per heavy atom. The molecule has 0 amide bonds. The normalized spacial score (nSPS) is 21.7. The van der Waals surface area contributed by atoms with Gasteiger partial charge in [-0.15, -0.1) is 0 Å². The van der Waals surface area contributed by atoms with Gasteiger partial charge in [-0.1, -0.05) is 23.2 Å². The highest BCUT2D eigenvalue weighted by Crippen LogP contribution is 2.47. The number of rotatable bonds is 0. The minimum absolute atomic E-state index is 0.102. The number of hydrogen-bond donors (Lipinski definition) is 0. The topological polar surface area (TPSA) is 9.23 Å². The van der Waals surface area contributed by atoms with Gasteiger partial charge >= 0.3 is 0 Å². The molecule has 0 N–H and O–H groups in total. The van der Waals surface area contributed by atoms with Crippen LogP contribution in [0.5, 0.6) is 5.75 Å². The van der Waals surface area contributed by atoms with Crippen molar-refractivity contribution in [2.45, 2.75) is 37.7 Å². The molecular formula is C12H12Cl2O. The van der Waals surface area contributed by atoms with Crippen LogP contribution in [0.1, 0.15) is 31.2 Å². The van der Waals surface area contributed by atoms with Gasteiger partial charge in [-0.05, 0) is 49.8 Å². The zero-order valence-electron chi connectivity index (χ0n) is 8.35. The van der Waals surface area contributed by atoms with Crippen molar-refractivity contribution in [3.05, 3.63) is 27.7 Å². The van der Waals surface area contributed by atoms with E-state index in [0.717, 1.165) is 24.2 Å². The van der Waals surface area contributed by atoms with Crippen molar-refractivity contribution in [2.75, 3.05) is 0 Å². The monoisotopic (exact) mass is 242 g/mol. The molecule has 0 unspecified atom stereocenters. The van der Waals surface area contributed by atoms with Crippen molar-refractivity contribution in [1.82, 2.24) is 0 Å². The Labute approximate surface area is 99.3 Å². The number of aryl methyl sites for hydroxylation is 1. The van der Waals surface area contributed by atoms with E-state index >= 15 is 0 Å². The smallest absolute Gasteiger partial charge is 0.142 e. The molecular weight excluding hydrogens is 231 g/mol. The molecule has 0 radical (unpaired) electrons. The summed E-state index contributed by atoms with van der Waals surface area (Å²) in [5.74, 6) is 0.868. The summed E-state index contributed by atoms with van der Waals surface area (Å²) in [6, 6.07) is 3.73. The molecule has 3 heteroatoms. The van der Waals surface area contributed by atoms with E-state index in [-0.39, 0.29) is 5.60 Å². The average Bonchev–Trinajstić information content (AvgIpc) is 2.15. The van der Waals surface area contributed by atoms with E-state index in [1.807, 2.05) is 6.07 Å². The first-order valence-corrected chi connectivity index (χ1v) is 6.11. The molecule has 1 aliphatic carbocycles. The first kappa shape index (κ1) is 9.80. The maximum Gasteiger partial charge on any atom is 0.142 e. The molecule has 1 aromatic rings. The van der Waals surface area contributed by atoms with E-state index in [2.05, 4.69) is 0 Å². The van der Waals surface area contributed by atoms with Crippen LogP contribution in [0, 0.1) is 0 Å². The Morgan fingerprint density at radius 3 is 2.60 bits per heavy atom. The maximum atomic E-state index is 6.15. The van der Waals surface area contributed by atoms with E-state index < -0.39 is 0 Å². The first-order chi connectivity index (χ1) is 7.19. The zero-order valence-corrected chi connectivity index (χ0v) is 9.87. The van der Waals surface area contributed by atoms with E-state index in [9.17, 15) is 0 Å². The molecule has 0 bridgehead atoms. The molecule has 0 saturated heterocycles. The highest BCUT2D eigenvalue weighted by Gasteiger charge is 2.42. The van der Waals surface area contributed by atoms with Crippen molar-refractivity contribution in [2.24, 2.45) is 0 Å². The van der Waals surface area contributed by atoms with E-state index in [4.69, 9.17) is 27.9 Å². The fourth-order valence-electron chi connectivity index (χ4n) is 2.47. The van der Waals surface area contributed by atoms with Crippen LogP contribution in [0.25, 0.3) is 0 Å². The summed E-state index contributed by atoms with van der Waals surface area (Å²) in [5, 5.41) is 1.36. The van der Waals surface area contributed by atoms with Crippen LogP contribution in [-0.4, -0.2) is 5.60 Å². The molecule has 0 atom stereocenters. The van der Waals surface area contributed by atoms with Gasteiger partial charge in [0, 0.05) is 5.02 Å². The number of halogens is 2. The fourth-order valence-corrected chi connectivity index (χ4v) is 3.04. The Balaban J connectivity index is 2.01. The molecule has 0 aromatic heterocycles. The predicted octanol–water partition coefficient (Wildman–Crippen LogP) is 4.24. The van der Waals surface area contributed by atoms with Crippen molar-refractivity contribution in [3.8, 4) is 5.75 Å². The molecule has 1 aromatic carbocycles. The molecule has 1 spiro atoms. The molecule has 2 aliphatic rings. The van der Waals surface area contributed by atoms with Gasteiger partial charge in [-0.2, -0.15) is 0 Å². The highest BCUT2D eigenvalue weighted by molar-refractivity contribution is 6.35. The minimum Gasteiger partial charge on any atom is -0.485 e. The predicted molar refractivity (Wildman–Crippen MR) is 62.0 cm³/mol. The molecule has 1 saturated carbocycles. The van der Waals surface area contributed by atoms with Crippen LogP contribution in [-0.2, 0) is 6.42 Å². The lowest BCUT2D eigenvalue weighted by atomic mass is 9.74. The Kier molecular flexibility index (Phi) is 2.15. The number of fused-ring (bicyclic) bond motifs is 1. The van der Waals surface area contributed by atoms with Crippen LogP contribution in [0.3, 0.4) is 0 Å². The number of ether oxygens (including phenoxy) is 1. The molecule has 1 aliphatic heterocycles. The molecule has 15 heavy (non-hydrogen) atoms. The van der Waals surface area contributed by atoms with Crippen LogP contribution in [0.4, 0.5) is 0 Å². The lowest BCUT2D eigenvalue weighted by Gasteiger charge is -2.45. The average molecular weight is 243 g/mol. The van der Waals surface area contributed by atoms with Gasteiger partial charge in [0.15, 0.2) is 0 Å². The van der Waals surface area contributed by atoms with E-state index in [0.29, 0.717) is 10.0 Å². The summed E-state index contributed by atoms with van der Waals surface area (Å²) in [6.45, 7) is 0. The van der Waals surface area contributed by atoms with Crippen LogP contribution in [0.2, 0.25) is 10.0 Å². The summed E-state index contributed by atoms with van der Waals surface area (Å²) < 4.78 is 6.05. The van der Waals surface area contributed by atoms with E-state index in [1.165, 1.54) is 19.3 Å². The fraction of sp³-hybridized carbons (Fsp3) is 0.500. The summed E-state index contributed by atoms with van der Waals surface area (Å²) in [5.41, 5.74) is 1.26. The Bertz CT molecular complexity index is 410. The second-order valence-electron chi connectivity index (χ2n) is 4.51. The summed E-state index contributed by atoms with van der Waals surface area (Å²) in [4.78, 5) is 0. The quantitative estimate of drug-likeness (QED) is 0.662. The zero-order chi connectivity index (χ0) is 10.5. The van der Waals surface area contributed by atoms with Crippen molar-refractivity contribution in [3.63, 3.8) is 0 Å². The first-order valence-electron chi connectivity index (χ1n) is 5.36. The van der Waals surface area contributed by atoms with Crippen molar-refractivity contribution in [1.29, 1.82) is 0 Å². The largest absolute Gasteiger partial charge is 0.485 e. The summed E-state index contributed by atoms with van der Waals surface area (Å²) in [6.07, 6.45) is 5.77. The van der Waals surface area contributed by atoms with Gasteiger partial charge in [-0.3, -0.25) is 0 Å². The van der Waals surface area contributed by atoms with Crippen LogP contribution in [0.15, 0.2) is 12.1 Å². The minimum atomic E-state index is 0.102. The third kappa shape index (κ3) is 1.53. The second kappa shape index (κ2) is 3.29. The van der Waals surface area contributed by atoms with Gasteiger partial charge in [0.05, 0.1) is 5.02 Å². The third-order valence-electron chi connectivity index (χ3n) is 3.52. The Morgan fingerprint density at radius 1 is 1.13 bits per heavy atom. The standard InChI is InChI=1S/C12H12Cl2O/c13-9-6-8-2-5-12(3-1-4-12)15-11(8)10(14)7-9/h6-7H,1-5H2. The van der Waals surface area contributed by atoms with Crippen molar-refractivity contribution < 1.29 is 4.74 Å². The van der Waals surface area contributed by atoms with Gasteiger partial charge in [-0.25, -0.2) is 0 Å². The summed E-state index contributed by atoms with van der Waals surface area (Å²) >= 11 is 12.1. The number of benzene rings is 1.